The van der Waals surface area contributed by atoms with Gasteiger partial charge in [0.15, 0.2) is 0 Å². The lowest BCUT2D eigenvalue weighted by atomic mass is 9.81. The van der Waals surface area contributed by atoms with Gasteiger partial charge in [-0.1, -0.05) is 30.7 Å². The van der Waals surface area contributed by atoms with E-state index in [0.29, 0.717) is 5.92 Å². The third kappa shape index (κ3) is 4.03. The molecule has 1 aromatic rings. The molecule has 19 heavy (non-hydrogen) atoms. The molecule has 0 saturated heterocycles. The summed E-state index contributed by atoms with van der Waals surface area (Å²) in [5, 5.41) is 8.94. The molecule has 106 valence electrons. The molecule has 0 heterocycles. The first kappa shape index (κ1) is 14.5. The summed E-state index contributed by atoms with van der Waals surface area (Å²) in [7, 11) is -3.29. The fraction of sp³-hybridized carbons (Fsp3) is 0.571. The quantitative estimate of drug-likeness (QED) is 0.836. The average Bonchev–Trinajstić information content (AvgIpc) is 2.26. The lowest BCUT2D eigenvalue weighted by molar-refractivity contribution is 0.260. The molecule has 2 N–H and O–H groups in total. The van der Waals surface area contributed by atoms with Gasteiger partial charge >= 0.3 is 0 Å². The van der Waals surface area contributed by atoms with Crippen LogP contribution in [0.2, 0.25) is 0 Å². The number of aliphatic hydroxyl groups excluding tert-OH is 1. The van der Waals surface area contributed by atoms with Crippen LogP contribution in [0.15, 0.2) is 24.3 Å². The smallest absolute Gasteiger partial charge is 0.216 e. The Bertz CT molecular complexity index is 506. The highest BCUT2D eigenvalue weighted by Gasteiger charge is 2.27. The van der Waals surface area contributed by atoms with Crippen LogP contribution in [0.4, 0.5) is 0 Å². The van der Waals surface area contributed by atoms with Gasteiger partial charge in [0.1, 0.15) is 0 Å². The number of nitrogens with one attached hydrogen (secondary N) is 1. The zero-order valence-corrected chi connectivity index (χ0v) is 12.0. The van der Waals surface area contributed by atoms with E-state index in [4.69, 9.17) is 5.11 Å². The third-order valence-electron chi connectivity index (χ3n) is 3.78. The van der Waals surface area contributed by atoms with E-state index in [1.165, 1.54) is 6.42 Å². The van der Waals surface area contributed by atoms with Crippen molar-refractivity contribution in [2.75, 3.05) is 0 Å². The van der Waals surface area contributed by atoms with Gasteiger partial charge in [-0.25, -0.2) is 13.1 Å². The fourth-order valence-electron chi connectivity index (χ4n) is 2.32. The van der Waals surface area contributed by atoms with Crippen molar-refractivity contribution in [3.8, 4) is 0 Å². The Morgan fingerprint density at radius 3 is 2.32 bits per heavy atom. The van der Waals surface area contributed by atoms with E-state index >= 15 is 0 Å². The minimum atomic E-state index is -3.29. The Kier molecular flexibility index (Phi) is 4.60. The molecule has 1 atom stereocenters. The maximum absolute atomic E-state index is 12.0. The lowest BCUT2D eigenvalue weighted by Gasteiger charge is -2.31. The highest BCUT2D eigenvalue weighted by Crippen LogP contribution is 2.29. The van der Waals surface area contributed by atoms with Gasteiger partial charge in [-0.05, 0) is 36.8 Å². The molecule has 0 radical (unpaired) electrons. The van der Waals surface area contributed by atoms with E-state index in [2.05, 4.69) is 4.72 Å². The highest BCUT2D eigenvalue weighted by atomic mass is 32.2. The predicted molar refractivity (Wildman–Crippen MR) is 74.9 cm³/mol. The van der Waals surface area contributed by atoms with Gasteiger partial charge in [0, 0.05) is 6.04 Å². The van der Waals surface area contributed by atoms with Gasteiger partial charge < -0.3 is 5.11 Å². The Balaban J connectivity index is 1.95. The standard InChI is InChI=1S/C14H21NO3S/c1-11(14-3-2-4-14)15-19(17,18)10-13-7-5-12(9-16)6-8-13/h5-8,11,14-16H,2-4,9-10H2,1H3. The molecule has 0 aromatic heterocycles. The summed E-state index contributed by atoms with van der Waals surface area (Å²) in [5.41, 5.74) is 1.53. The van der Waals surface area contributed by atoms with Crippen molar-refractivity contribution in [2.24, 2.45) is 5.92 Å². The number of aliphatic hydroxyl groups is 1. The Labute approximate surface area is 114 Å². The van der Waals surface area contributed by atoms with Crippen LogP contribution < -0.4 is 4.72 Å². The van der Waals surface area contributed by atoms with Gasteiger partial charge in [0.2, 0.25) is 10.0 Å². The van der Waals surface area contributed by atoms with E-state index in [1.54, 1.807) is 24.3 Å². The largest absolute Gasteiger partial charge is 0.392 e. The normalized spacial score (nSPS) is 18.0. The average molecular weight is 283 g/mol. The minimum Gasteiger partial charge on any atom is -0.392 e. The molecule has 5 heteroatoms. The van der Waals surface area contributed by atoms with Gasteiger partial charge in [0.05, 0.1) is 12.4 Å². The molecule has 1 fully saturated rings. The Hall–Kier alpha value is -0.910. The number of hydrogen-bond donors (Lipinski definition) is 2. The Morgan fingerprint density at radius 1 is 1.26 bits per heavy atom. The summed E-state index contributed by atoms with van der Waals surface area (Å²) >= 11 is 0. The highest BCUT2D eigenvalue weighted by molar-refractivity contribution is 7.88. The summed E-state index contributed by atoms with van der Waals surface area (Å²) in [5.74, 6) is 0.488. The summed E-state index contributed by atoms with van der Waals surface area (Å²) in [6.45, 7) is 1.92. The van der Waals surface area contributed by atoms with E-state index in [9.17, 15) is 8.42 Å². The topological polar surface area (TPSA) is 66.4 Å². The number of rotatable bonds is 6. The molecule has 1 unspecified atom stereocenters. The molecular weight excluding hydrogens is 262 g/mol. The Morgan fingerprint density at radius 2 is 1.84 bits per heavy atom. The van der Waals surface area contributed by atoms with Gasteiger partial charge in [-0.3, -0.25) is 0 Å². The molecule has 1 aromatic carbocycles. The van der Waals surface area contributed by atoms with Crippen molar-refractivity contribution in [3.63, 3.8) is 0 Å². The van der Waals surface area contributed by atoms with Crippen molar-refractivity contribution in [3.05, 3.63) is 35.4 Å². The maximum atomic E-state index is 12.0. The van der Waals surface area contributed by atoms with Crippen molar-refractivity contribution in [1.29, 1.82) is 0 Å². The van der Waals surface area contributed by atoms with Crippen LogP contribution >= 0.6 is 0 Å². The molecule has 0 bridgehead atoms. The fourth-order valence-corrected chi connectivity index (χ4v) is 3.79. The maximum Gasteiger partial charge on any atom is 0.216 e. The van der Waals surface area contributed by atoms with Gasteiger partial charge in [0.25, 0.3) is 0 Å². The van der Waals surface area contributed by atoms with Crippen LogP contribution in [0.1, 0.15) is 37.3 Å². The van der Waals surface area contributed by atoms with Crippen LogP contribution in [0, 0.1) is 5.92 Å². The van der Waals surface area contributed by atoms with Crippen LogP contribution in [0.3, 0.4) is 0 Å². The molecule has 2 rings (SSSR count). The van der Waals surface area contributed by atoms with Crippen molar-refractivity contribution in [2.45, 2.75) is 44.6 Å². The van der Waals surface area contributed by atoms with Crippen molar-refractivity contribution >= 4 is 10.0 Å². The predicted octanol–water partition coefficient (Wildman–Crippen LogP) is 1.79. The molecule has 0 amide bonds. The molecular formula is C14H21NO3S. The second kappa shape index (κ2) is 6.03. The number of benzene rings is 1. The van der Waals surface area contributed by atoms with Crippen LogP contribution in [0.5, 0.6) is 0 Å². The van der Waals surface area contributed by atoms with E-state index in [1.807, 2.05) is 6.92 Å². The first-order valence-electron chi connectivity index (χ1n) is 6.69. The number of sulfonamides is 1. The first-order chi connectivity index (χ1) is 9.00. The van der Waals surface area contributed by atoms with Crippen LogP contribution in [-0.4, -0.2) is 19.6 Å². The zero-order valence-electron chi connectivity index (χ0n) is 11.2. The van der Waals surface area contributed by atoms with Crippen molar-refractivity contribution < 1.29 is 13.5 Å². The van der Waals surface area contributed by atoms with E-state index in [-0.39, 0.29) is 18.4 Å². The first-order valence-corrected chi connectivity index (χ1v) is 8.34. The molecule has 1 aliphatic carbocycles. The van der Waals surface area contributed by atoms with Gasteiger partial charge in [-0.2, -0.15) is 0 Å². The SMILES string of the molecule is CC(NS(=O)(=O)Cc1ccc(CO)cc1)C1CCC1. The minimum absolute atomic E-state index is 0.00420. The summed E-state index contributed by atoms with van der Waals surface area (Å²) in [6.07, 6.45) is 3.45. The summed E-state index contributed by atoms with van der Waals surface area (Å²) < 4.78 is 26.9. The van der Waals surface area contributed by atoms with E-state index < -0.39 is 10.0 Å². The van der Waals surface area contributed by atoms with Gasteiger partial charge in [-0.15, -0.1) is 0 Å². The second-order valence-corrected chi connectivity index (χ2v) is 7.09. The number of hydrogen-bond acceptors (Lipinski definition) is 3. The van der Waals surface area contributed by atoms with Crippen LogP contribution in [-0.2, 0) is 22.4 Å². The molecule has 4 nitrogen and oxygen atoms in total. The van der Waals surface area contributed by atoms with E-state index in [0.717, 1.165) is 24.0 Å². The zero-order chi connectivity index (χ0) is 13.9. The lowest BCUT2D eigenvalue weighted by Crippen LogP contribution is -2.41. The second-order valence-electron chi connectivity index (χ2n) is 5.33. The monoisotopic (exact) mass is 283 g/mol. The molecule has 1 saturated carbocycles. The third-order valence-corrected chi connectivity index (χ3v) is 5.23. The molecule has 1 aliphatic rings. The van der Waals surface area contributed by atoms with Crippen molar-refractivity contribution in [1.82, 2.24) is 4.72 Å². The van der Waals surface area contributed by atoms with Crippen LogP contribution in [0.25, 0.3) is 0 Å². The molecule has 0 aliphatic heterocycles. The summed E-state index contributed by atoms with van der Waals surface area (Å²) in [6, 6.07) is 7.02. The summed E-state index contributed by atoms with van der Waals surface area (Å²) in [4.78, 5) is 0. The molecule has 0 spiro atoms.